The molecular formula is C12H19N3OS. The van der Waals surface area contributed by atoms with Crippen LogP contribution in [0.15, 0.2) is 23.1 Å². The molecule has 0 spiro atoms. The highest BCUT2D eigenvalue weighted by Gasteiger charge is 2.13. The maximum Gasteiger partial charge on any atom is 0.126 e. The second-order valence-electron chi connectivity index (χ2n) is 3.68. The van der Waals surface area contributed by atoms with Gasteiger partial charge in [0.15, 0.2) is 0 Å². The second-order valence-corrected chi connectivity index (χ2v) is 4.53. The summed E-state index contributed by atoms with van der Waals surface area (Å²) in [7, 11) is 3.66. The summed E-state index contributed by atoms with van der Waals surface area (Å²) in [5.74, 6) is 0.106. The topological polar surface area (TPSA) is 62.3 Å². The van der Waals surface area contributed by atoms with Crippen LogP contribution in [0.4, 0.5) is 5.69 Å². The van der Waals surface area contributed by atoms with Gasteiger partial charge in [-0.05, 0) is 18.4 Å². The molecule has 17 heavy (non-hydrogen) atoms. The van der Waals surface area contributed by atoms with Crippen LogP contribution < -0.4 is 10.6 Å². The maximum atomic E-state index is 7.70. The van der Waals surface area contributed by atoms with E-state index in [1.807, 2.05) is 31.5 Å². The van der Waals surface area contributed by atoms with E-state index in [-0.39, 0.29) is 5.84 Å². The first-order valence-electron chi connectivity index (χ1n) is 5.33. The van der Waals surface area contributed by atoms with Crippen LogP contribution >= 0.6 is 11.8 Å². The molecular weight excluding hydrogens is 234 g/mol. The van der Waals surface area contributed by atoms with Crippen molar-refractivity contribution < 1.29 is 4.74 Å². The van der Waals surface area contributed by atoms with E-state index >= 15 is 0 Å². The van der Waals surface area contributed by atoms with Crippen LogP contribution in [0.2, 0.25) is 0 Å². The van der Waals surface area contributed by atoms with Crippen molar-refractivity contribution in [3.8, 4) is 0 Å². The number of likely N-dealkylation sites (N-methyl/N-ethyl adjacent to an activating group) is 1. The fraction of sp³-hybridized carbons (Fsp3) is 0.417. The van der Waals surface area contributed by atoms with E-state index in [1.54, 1.807) is 18.9 Å². The third kappa shape index (κ3) is 3.38. The third-order valence-electron chi connectivity index (χ3n) is 2.54. The Kier molecular flexibility index (Phi) is 5.31. The normalized spacial score (nSPS) is 10.3. The largest absolute Gasteiger partial charge is 0.384 e. The summed E-state index contributed by atoms with van der Waals surface area (Å²) in [5, 5.41) is 7.70. The SMILES string of the molecule is COCCN(C)c1cccc(SC)c1C(=N)N. The van der Waals surface area contributed by atoms with Gasteiger partial charge in [0.2, 0.25) is 0 Å². The predicted octanol–water partition coefficient (Wildman–Crippen LogP) is 1.78. The lowest BCUT2D eigenvalue weighted by atomic mass is 10.1. The molecule has 94 valence electrons. The molecule has 0 atom stereocenters. The van der Waals surface area contributed by atoms with Crippen molar-refractivity contribution in [2.75, 3.05) is 38.5 Å². The zero-order chi connectivity index (χ0) is 12.8. The summed E-state index contributed by atoms with van der Waals surface area (Å²) in [4.78, 5) is 3.08. The van der Waals surface area contributed by atoms with Crippen LogP contribution in [-0.4, -0.2) is 39.4 Å². The predicted molar refractivity (Wildman–Crippen MR) is 74.4 cm³/mol. The first-order chi connectivity index (χ1) is 8.11. The van der Waals surface area contributed by atoms with Gasteiger partial charge >= 0.3 is 0 Å². The van der Waals surface area contributed by atoms with Crippen LogP contribution in [0.1, 0.15) is 5.56 Å². The molecule has 1 rings (SSSR count). The van der Waals surface area contributed by atoms with E-state index in [2.05, 4.69) is 4.90 Å². The number of nitrogens with zero attached hydrogens (tertiary/aromatic N) is 1. The van der Waals surface area contributed by atoms with E-state index in [4.69, 9.17) is 15.9 Å². The lowest BCUT2D eigenvalue weighted by Crippen LogP contribution is -2.26. The zero-order valence-corrected chi connectivity index (χ0v) is 11.3. The first kappa shape index (κ1) is 13.9. The fourth-order valence-corrected chi connectivity index (χ4v) is 2.26. The zero-order valence-electron chi connectivity index (χ0n) is 10.5. The number of ether oxygens (including phenoxy) is 1. The molecule has 0 saturated heterocycles. The summed E-state index contributed by atoms with van der Waals surface area (Å²) in [5.41, 5.74) is 7.45. The Morgan fingerprint density at radius 2 is 2.24 bits per heavy atom. The van der Waals surface area contributed by atoms with E-state index in [0.29, 0.717) is 6.61 Å². The number of rotatable bonds is 6. The van der Waals surface area contributed by atoms with Gasteiger partial charge in [0.05, 0.1) is 12.2 Å². The number of thioether (sulfide) groups is 1. The molecule has 0 amide bonds. The van der Waals surface area contributed by atoms with Crippen LogP contribution in [0.25, 0.3) is 0 Å². The highest BCUT2D eigenvalue weighted by Crippen LogP contribution is 2.28. The Morgan fingerprint density at radius 3 is 2.76 bits per heavy atom. The minimum atomic E-state index is 0.106. The van der Waals surface area contributed by atoms with Gasteiger partial charge in [0, 0.05) is 31.3 Å². The van der Waals surface area contributed by atoms with Gasteiger partial charge in [-0.1, -0.05) is 6.07 Å². The minimum absolute atomic E-state index is 0.106. The van der Waals surface area contributed by atoms with Gasteiger partial charge in [-0.2, -0.15) is 0 Å². The molecule has 0 heterocycles. The number of hydrogen-bond donors (Lipinski definition) is 2. The molecule has 0 unspecified atom stereocenters. The van der Waals surface area contributed by atoms with Crippen LogP contribution in [-0.2, 0) is 4.74 Å². The number of benzene rings is 1. The number of anilines is 1. The summed E-state index contributed by atoms with van der Waals surface area (Å²) < 4.78 is 5.06. The molecule has 4 nitrogen and oxygen atoms in total. The molecule has 0 saturated carbocycles. The minimum Gasteiger partial charge on any atom is -0.384 e. The highest BCUT2D eigenvalue weighted by atomic mass is 32.2. The number of nitrogens with two attached hydrogens (primary N) is 1. The summed E-state index contributed by atoms with van der Waals surface area (Å²) in [6.45, 7) is 1.42. The molecule has 0 aliphatic rings. The van der Waals surface area contributed by atoms with Gasteiger partial charge < -0.3 is 15.4 Å². The Labute approximate surface area is 107 Å². The highest BCUT2D eigenvalue weighted by molar-refractivity contribution is 7.98. The van der Waals surface area contributed by atoms with Crippen molar-refractivity contribution in [1.82, 2.24) is 0 Å². The molecule has 1 aromatic rings. The Hall–Kier alpha value is -1.20. The number of amidine groups is 1. The van der Waals surface area contributed by atoms with Crippen molar-refractivity contribution in [3.05, 3.63) is 23.8 Å². The van der Waals surface area contributed by atoms with Gasteiger partial charge in [-0.3, -0.25) is 5.41 Å². The van der Waals surface area contributed by atoms with Crippen molar-refractivity contribution in [3.63, 3.8) is 0 Å². The Morgan fingerprint density at radius 1 is 1.53 bits per heavy atom. The van der Waals surface area contributed by atoms with E-state index < -0.39 is 0 Å². The number of nitrogen functional groups attached to an aromatic ring is 1. The molecule has 0 aliphatic heterocycles. The molecule has 5 heteroatoms. The van der Waals surface area contributed by atoms with Crippen LogP contribution in [0.3, 0.4) is 0 Å². The lowest BCUT2D eigenvalue weighted by molar-refractivity contribution is 0.206. The van der Waals surface area contributed by atoms with Crippen molar-refractivity contribution in [2.24, 2.45) is 5.73 Å². The van der Waals surface area contributed by atoms with E-state index in [9.17, 15) is 0 Å². The van der Waals surface area contributed by atoms with Gasteiger partial charge in [-0.25, -0.2) is 0 Å². The van der Waals surface area contributed by atoms with Crippen LogP contribution in [0, 0.1) is 5.41 Å². The second kappa shape index (κ2) is 6.51. The van der Waals surface area contributed by atoms with Crippen molar-refractivity contribution >= 4 is 23.3 Å². The van der Waals surface area contributed by atoms with Crippen molar-refractivity contribution in [2.45, 2.75) is 4.90 Å². The van der Waals surface area contributed by atoms with E-state index in [1.165, 1.54) is 0 Å². The third-order valence-corrected chi connectivity index (χ3v) is 3.32. The van der Waals surface area contributed by atoms with Gasteiger partial charge in [0.1, 0.15) is 5.84 Å². The quantitative estimate of drug-likeness (QED) is 0.461. The molecule has 1 aromatic carbocycles. The Bertz CT molecular complexity index is 395. The molecule has 0 aliphatic carbocycles. The van der Waals surface area contributed by atoms with Gasteiger partial charge in [-0.15, -0.1) is 11.8 Å². The van der Waals surface area contributed by atoms with E-state index in [0.717, 1.165) is 22.7 Å². The molecule has 0 fully saturated rings. The number of methoxy groups -OCH3 is 1. The van der Waals surface area contributed by atoms with Gasteiger partial charge in [0.25, 0.3) is 0 Å². The number of hydrogen-bond acceptors (Lipinski definition) is 4. The standard InChI is InChI=1S/C12H19N3OS/c1-15(7-8-16-2)9-5-4-6-10(17-3)11(9)12(13)14/h4-6H,7-8H2,1-3H3,(H3,13,14). The van der Waals surface area contributed by atoms with Crippen molar-refractivity contribution in [1.29, 1.82) is 5.41 Å². The summed E-state index contributed by atoms with van der Waals surface area (Å²) in [6.07, 6.45) is 1.99. The summed E-state index contributed by atoms with van der Waals surface area (Å²) in [6, 6.07) is 5.94. The Balaban J connectivity index is 3.09. The first-order valence-corrected chi connectivity index (χ1v) is 6.55. The lowest BCUT2D eigenvalue weighted by Gasteiger charge is -2.23. The molecule has 0 aromatic heterocycles. The maximum absolute atomic E-state index is 7.70. The average Bonchev–Trinajstić information content (AvgIpc) is 2.34. The monoisotopic (exact) mass is 253 g/mol. The molecule has 0 bridgehead atoms. The number of nitrogens with one attached hydrogen (secondary N) is 1. The smallest absolute Gasteiger partial charge is 0.126 e. The molecule has 3 N–H and O–H groups in total. The average molecular weight is 253 g/mol. The van der Waals surface area contributed by atoms with Crippen LogP contribution in [0.5, 0.6) is 0 Å². The fourth-order valence-electron chi connectivity index (χ4n) is 1.63. The molecule has 0 radical (unpaired) electrons. The summed E-state index contributed by atoms with van der Waals surface area (Å²) >= 11 is 1.60.